The van der Waals surface area contributed by atoms with Gasteiger partial charge >= 0.3 is 0 Å². The Morgan fingerprint density at radius 2 is 1.88 bits per heavy atom. The van der Waals surface area contributed by atoms with Crippen LogP contribution in [-0.2, 0) is 6.54 Å². The Bertz CT molecular complexity index is 964. The van der Waals surface area contributed by atoms with Crippen LogP contribution in [0.2, 0.25) is 0 Å². The molecule has 0 aliphatic rings. The van der Waals surface area contributed by atoms with E-state index in [2.05, 4.69) is 20.4 Å². The van der Waals surface area contributed by atoms with Crippen LogP contribution in [0.25, 0.3) is 16.8 Å². The summed E-state index contributed by atoms with van der Waals surface area (Å²) in [5.74, 6) is 0.581. The molecule has 0 amide bonds. The third-order valence-corrected chi connectivity index (χ3v) is 3.76. The number of pyridine rings is 1. The van der Waals surface area contributed by atoms with E-state index in [9.17, 15) is 4.39 Å². The van der Waals surface area contributed by atoms with E-state index in [1.54, 1.807) is 41.4 Å². The summed E-state index contributed by atoms with van der Waals surface area (Å²) in [4.78, 5) is 8.57. The number of nitrogens with zero attached hydrogens (tertiary/aromatic N) is 4. The van der Waals surface area contributed by atoms with Crippen LogP contribution in [0.15, 0.2) is 67.3 Å². The van der Waals surface area contributed by atoms with Crippen molar-refractivity contribution in [1.29, 1.82) is 0 Å². The molecule has 1 N–H and O–H groups in total. The molecule has 0 spiro atoms. The van der Waals surface area contributed by atoms with Gasteiger partial charge in [-0.05, 0) is 29.8 Å². The third kappa shape index (κ3) is 2.69. The van der Waals surface area contributed by atoms with Crippen LogP contribution in [0.1, 0.15) is 5.56 Å². The van der Waals surface area contributed by atoms with Gasteiger partial charge in [0.15, 0.2) is 5.65 Å². The molecule has 0 bridgehead atoms. The molecule has 24 heavy (non-hydrogen) atoms. The Kier molecular flexibility index (Phi) is 3.63. The second-order valence-electron chi connectivity index (χ2n) is 5.35. The van der Waals surface area contributed by atoms with Crippen LogP contribution in [0.5, 0.6) is 0 Å². The first kappa shape index (κ1) is 14.3. The molecular formula is C18H14FN5. The molecule has 0 radical (unpaired) electrons. The van der Waals surface area contributed by atoms with Gasteiger partial charge < -0.3 is 5.32 Å². The number of hydrogen-bond donors (Lipinski definition) is 1. The molecule has 0 fully saturated rings. The van der Waals surface area contributed by atoms with E-state index in [1.807, 2.05) is 18.2 Å². The van der Waals surface area contributed by atoms with Crippen LogP contribution in [0.3, 0.4) is 0 Å². The molecule has 118 valence electrons. The van der Waals surface area contributed by atoms with Gasteiger partial charge in [-0.3, -0.25) is 4.98 Å². The summed E-state index contributed by atoms with van der Waals surface area (Å²) in [7, 11) is 0. The predicted molar refractivity (Wildman–Crippen MR) is 89.9 cm³/mol. The molecule has 0 unspecified atom stereocenters. The average Bonchev–Trinajstić information content (AvgIpc) is 3.07. The first-order valence-electron chi connectivity index (χ1n) is 7.53. The maximum absolute atomic E-state index is 13.0. The van der Waals surface area contributed by atoms with E-state index in [4.69, 9.17) is 0 Å². The molecule has 1 aromatic carbocycles. The Hall–Kier alpha value is -3.28. The van der Waals surface area contributed by atoms with Crippen molar-refractivity contribution in [2.24, 2.45) is 0 Å². The highest BCUT2D eigenvalue weighted by atomic mass is 19.1. The summed E-state index contributed by atoms with van der Waals surface area (Å²) in [6.07, 6.45) is 7.04. The van der Waals surface area contributed by atoms with E-state index in [0.29, 0.717) is 6.54 Å². The van der Waals surface area contributed by atoms with Crippen LogP contribution < -0.4 is 5.32 Å². The lowest BCUT2D eigenvalue weighted by Crippen LogP contribution is -2.05. The van der Waals surface area contributed by atoms with Gasteiger partial charge in [-0.1, -0.05) is 18.2 Å². The summed E-state index contributed by atoms with van der Waals surface area (Å²) in [6, 6.07) is 12.1. The summed E-state index contributed by atoms with van der Waals surface area (Å²) in [5, 5.41) is 7.74. The van der Waals surface area contributed by atoms with Crippen LogP contribution in [0.4, 0.5) is 10.2 Å². The maximum atomic E-state index is 13.0. The Labute approximate surface area is 137 Å². The third-order valence-electron chi connectivity index (χ3n) is 3.76. The lowest BCUT2D eigenvalue weighted by molar-refractivity contribution is 0.627. The summed E-state index contributed by atoms with van der Waals surface area (Å²) in [5.41, 5.74) is 3.64. The first-order chi connectivity index (χ1) is 11.8. The molecule has 6 heteroatoms. The maximum Gasteiger partial charge on any atom is 0.165 e. The minimum absolute atomic E-state index is 0.238. The van der Waals surface area contributed by atoms with Gasteiger partial charge in [-0.2, -0.15) is 9.61 Å². The summed E-state index contributed by atoms with van der Waals surface area (Å²) < 4.78 is 14.7. The number of rotatable bonds is 4. The summed E-state index contributed by atoms with van der Waals surface area (Å²) >= 11 is 0. The van der Waals surface area contributed by atoms with E-state index in [-0.39, 0.29) is 5.82 Å². The van der Waals surface area contributed by atoms with Crippen molar-refractivity contribution in [3.05, 3.63) is 78.6 Å². The van der Waals surface area contributed by atoms with Crippen LogP contribution in [0, 0.1) is 5.82 Å². The molecule has 3 aromatic heterocycles. The Morgan fingerprint density at radius 1 is 1.00 bits per heavy atom. The molecule has 3 heterocycles. The Morgan fingerprint density at radius 3 is 2.67 bits per heavy atom. The minimum Gasteiger partial charge on any atom is -0.366 e. The van der Waals surface area contributed by atoms with E-state index in [1.165, 1.54) is 12.1 Å². The molecule has 0 saturated heterocycles. The number of halogens is 1. The lowest BCUT2D eigenvalue weighted by Gasteiger charge is -2.08. The number of nitrogens with one attached hydrogen (secondary N) is 1. The zero-order chi connectivity index (χ0) is 16.4. The van der Waals surface area contributed by atoms with E-state index < -0.39 is 0 Å². The second-order valence-corrected chi connectivity index (χ2v) is 5.35. The zero-order valence-electron chi connectivity index (χ0n) is 12.7. The molecule has 0 saturated carbocycles. The fourth-order valence-corrected chi connectivity index (χ4v) is 2.55. The average molecular weight is 319 g/mol. The van der Waals surface area contributed by atoms with Crippen molar-refractivity contribution in [3.8, 4) is 11.1 Å². The highest BCUT2D eigenvalue weighted by molar-refractivity contribution is 5.77. The van der Waals surface area contributed by atoms with Gasteiger partial charge in [-0.15, -0.1) is 0 Å². The quantitative estimate of drug-likeness (QED) is 0.625. The number of aromatic nitrogens is 4. The van der Waals surface area contributed by atoms with Crippen molar-refractivity contribution in [2.75, 3.05) is 5.32 Å². The monoisotopic (exact) mass is 319 g/mol. The molecule has 0 aliphatic carbocycles. The van der Waals surface area contributed by atoms with Gasteiger partial charge in [0.05, 0.1) is 6.20 Å². The van der Waals surface area contributed by atoms with Gasteiger partial charge in [-0.25, -0.2) is 9.37 Å². The van der Waals surface area contributed by atoms with E-state index >= 15 is 0 Å². The molecular weight excluding hydrogens is 305 g/mol. The van der Waals surface area contributed by atoms with Crippen molar-refractivity contribution in [3.63, 3.8) is 0 Å². The highest BCUT2D eigenvalue weighted by Gasteiger charge is 2.10. The Balaban J connectivity index is 1.65. The predicted octanol–water partition coefficient (Wildman–Crippen LogP) is 3.54. The van der Waals surface area contributed by atoms with Crippen LogP contribution >= 0.6 is 0 Å². The molecule has 0 atom stereocenters. The van der Waals surface area contributed by atoms with Crippen molar-refractivity contribution in [1.82, 2.24) is 19.6 Å². The SMILES string of the molecule is Fc1ccc(CNc2ccnc3c(-c4cccnc4)cnn23)cc1. The fraction of sp³-hybridized carbons (Fsp3) is 0.0556. The fourth-order valence-electron chi connectivity index (χ4n) is 2.55. The van der Waals surface area contributed by atoms with Gasteiger partial charge in [0.1, 0.15) is 11.6 Å². The normalized spacial score (nSPS) is 10.9. The van der Waals surface area contributed by atoms with Crippen molar-refractivity contribution in [2.45, 2.75) is 6.54 Å². The van der Waals surface area contributed by atoms with Crippen molar-refractivity contribution >= 4 is 11.5 Å². The van der Waals surface area contributed by atoms with Gasteiger partial charge in [0.2, 0.25) is 0 Å². The van der Waals surface area contributed by atoms with Gasteiger partial charge in [0.25, 0.3) is 0 Å². The highest BCUT2D eigenvalue weighted by Crippen LogP contribution is 2.24. The summed E-state index contributed by atoms with van der Waals surface area (Å²) in [6.45, 7) is 0.571. The topological polar surface area (TPSA) is 55.1 Å². The molecule has 4 rings (SSSR count). The first-order valence-corrected chi connectivity index (χ1v) is 7.53. The number of fused-ring (bicyclic) bond motifs is 1. The van der Waals surface area contributed by atoms with E-state index in [0.717, 1.165) is 28.2 Å². The molecule has 5 nitrogen and oxygen atoms in total. The number of benzene rings is 1. The molecule has 4 aromatic rings. The minimum atomic E-state index is -0.238. The zero-order valence-corrected chi connectivity index (χ0v) is 12.7. The smallest absolute Gasteiger partial charge is 0.165 e. The number of anilines is 1. The van der Waals surface area contributed by atoms with Crippen molar-refractivity contribution < 1.29 is 4.39 Å². The second kappa shape index (κ2) is 6.08. The standard InChI is InChI=1S/C18H14FN5/c19-15-5-3-13(4-6-15)10-22-17-7-9-21-18-16(12-23-24(17)18)14-2-1-8-20-11-14/h1-9,11-12,22H,10H2. The number of hydrogen-bond acceptors (Lipinski definition) is 4. The lowest BCUT2D eigenvalue weighted by atomic mass is 10.1. The van der Waals surface area contributed by atoms with Crippen LogP contribution in [-0.4, -0.2) is 19.6 Å². The largest absolute Gasteiger partial charge is 0.366 e. The van der Waals surface area contributed by atoms with Gasteiger partial charge in [0, 0.05) is 36.3 Å². The molecule has 0 aliphatic heterocycles.